The summed E-state index contributed by atoms with van der Waals surface area (Å²) in [7, 11) is -9.91. The highest BCUT2D eigenvalue weighted by Gasteiger charge is 2.30. The van der Waals surface area contributed by atoms with Gasteiger partial charge in [-0.2, -0.15) is 0 Å². The SMILES string of the molecule is CCC(C)CCCCCCCCCCCCCCCCC(=O)O[C@H](COC(=O)CCCCCCCCCCC(C)C)COP(=O)(O)OCC(O)COP(=O)(O)OC[C@@H](COC(=O)CCCCCCCCCCC(C)C)OC(=O)CCCCCCCCCCCCCC(C)C. The lowest BCUT2D eigenvalue weighted by Gasteiger charge is -2.21. The first-order valence-corrected chi connectivity index (χ1v) is 41.7. The van der Waals surface area contributed by atoms with Gasteiger partial charge < -0.3 is 33.8 Å². The Morgan fingerprint density at radius 2 is 0.511 bits per heavy atom. The van der Waals surface area contributed by atoms with Crippen molar-refractivity contribution in [3.63, 3.8) is 0 Å². The van der Waals surface area contributed by atoms with Gasteiger partial charge in [0, 0.05) is 25.7 Å². The molecule has 0 aromatic carbocycles. The van der Waals surface area contributed by atoms with Crippen LogP contribution in [-0.4, -0.2) is 96.7 Å². The fourth-order valence-electron chi connectivity index (χ4n) is 11.3. The molecule has 4 unspecified atom stereocenters. The Balaban J connectivity index is 5.24. The van der Waals surface area contributed by atoms with Crippen molar-refractivity contribution in [1.82, 2.24) is 0 Å². The average molecular weight is 1380 g/mol. The molecule has 0 aromatic rings. The van der Waals surface area contributed by atoms with Crippen LogP contribution >= 0.6 is 15.6 Å². The zero-order chi connectivity index (χ0) is 69.6. The molecule has 0 fully saturated rings. The number of rotatable bonds is 72. The first kappa shape index (κ1) is 92.1. The molecule has 0 aliphatic carbocycles. The van der Waals surface area contributed by atoms with Gasteiger partial charge in [-0.05, 0) is 49.4 Å². The van der Waals surface area contributed by atoms with E-state index in [1.807, 2.05) is 0 Å². The van der Waals surface area contributed by atoms with E-state index in [0.29, 0.717) is 25.7 Å². The van der Waals surface area contributed by atoms with Gasteiger partial charge in [0.25, 0.3) is 0 Å². The number of carbonyl (C=O) groups is 4. The van der Waals surface area contributed by atoms with Crippen LogP contribution in [0, 0.1) is 23.7 Å². The Hall–Kier alpha value is -1.94. The number of phosphoric acid groups is 2. The zero-order valence-electron chi connectivity index (χ0n) is 61.6. The molecule has 19 heteroatoms. The average Bonchev–Trinajstić information content (AvgIpc) is 1.47. The molecule has 0 saturated heterocycles. The number of hydrogen-bond acceptors (Lipinski definition) is 15. The minimum absolute atomic E-state index is 0.105. The number of aliphatic hydroxyl groups excluding tert-OH is 1. The van der Waals surface area contributed by atoms with E-state index in [4.69, 9.17) is 37.0 Å². The molecule has 0 aliphatic heterocycles. The molecule has 0 radical (unpaired) electrons. The van der Waals surface area contributed by atoms with E-state index in [2.05, 4.69) is 55.4 Å². The molecule has 0 aliphatic rings. The van der Waals surface area contributed by atoms with E-state index in [9.17, 15) is 43.2 Å². The van der Waals surface area contributed by atoms with Gasteiger partial charge in [0.05, 0.1) is 26.4 Å². The molecule has 94 heavy (non-hydrogen) atoms. The lowest BCUT2D eigenvalue weighted by atomic mass is 9.99. The summed E-state index contributed by atoms with van der Waals surface area (Å²) in [6, 6.07) is 0. The van der Waals surface area contributed by atoms with E-state index in [0.717, 1.165) is 114 Å². The highest BCUT2D eigenvalue weighted by molar-refractivity contribution is 7.47. The summed E-state index contributed by atoms with van der Waals surface area (Å²) in [5.74, 6) is 0.941. The van der Waals surface area contributed by atoms with Crippen LogP contribution in [0.25, 0.3) is 0 Å². The first-order chi connectivity index (χ1) is 45.1. The maximum atomic E-state index is 13.1. The highest BCUT2D eigenvalue weighted by Crippen LogP contribution is 2.45. The largest absolute Gasteiger partial charge is 0.472 e. The number of carbonyl (C=O) groups excluding carboxylic acids is 4. The first-order valence-electron chi connectivity index (χ1n) is 38.7. The van der Waals surface area contributed by atoms with Gasteiger partial charge in [-0.3, -0.25) is 37.3 Å². The predicted molar refractivity (Wildman–Crippen MR) is 381 cm³/mol. The Labute approximate surface area is 575 Å². The monoisotopic (exact) mass is 1380 g/mol. The second-order valence-corrected chi connectivity index (χ2v) is 31.6. The molecule has 558 valence electrons. The van der Waals surface area contributed by atoms with Gasteiger partial charge in [0.1, 0.15) is 19.3 Å². The minimum atomic E-state index is -4.96. The third kappa shape index (κ3) is 67.3. The Kier molecular flexibility index (Phi) is 63.1. The molecule has 0 rings (SSSR count). The molecule has 0 bridgehead atoms. The van der Waals surface area contributed by atoms with Crippen LogP contribution in [-0.2, 0) is 65.4 Å². The van der Waals surface area contributed by atoms with Gasteiger partial charge in [0.2, 0.25) is 0 Å². The van der Waals surface area contributed by atoms with E-state index in [-0.39, 0.29) is 25.7 Å². The van der Waals surface area contributed by atoms with Gasteiger partial charge in [0.15, 0.2) is 12.2 Å². The zero-order valence-corrected chi connectivity index (χ0v) is 63.4. The Morgan fingerprint density at radius 3 is 0.755 bits per heavy atom. The van der Waals surface area contributed by atoms with E-state index < -0.39 is 97.5 Å². The third-order valence-corrected chi connectivity index (χ3v) is 19.6. The van der Waals surface area contributed by atoms with Crippen molar-refractivity contribution in [2.24, 2.45) is 23.7 Å². The summed E-state index contributed by atoms with van der Waals surface area (Å²) >= 11 is 0. The molecule has 6 atom stereocenters. The van der Waals surface area contributed by atoms with Crippen LogP contribution in [0.1, 0.15) is 376 Å². The van der Waals surface area contributed by atoms with Crippen molar-refractivity contribution in [1.29, 1.82) is 0 Å². The predicted octanol–water partition coefficient (Wildman–Crippen LogP) is 21.7. The fraction of sp³-hybridized carbons (Fsp3) is 0.947. The van der Waals surface area contributed by atoms with Crippen LogP contribution in [0.4, 0.5) is 0 Å². The normalized spacial score (nSPS) is 14.4. The van der Waals surface area contributed by atoms with Crippen LogP contribution < -0.4 is 0 Å². The quantitative estimate of drug-likeness (QED) is 0.0222. The molecular formula is C75H146O17P2. The second-order valence-electron chi connectivity index (χ2n) is 28.7. The standard InChI is InChI=1S/C75H146O17P2/c1-9-68(8)54-46-38-30-20-16-12-10-11-13-17-21-33-41-49-57-74(79)91-70(61-85-72(77)55-47-39-31-25-23-28-36-44-52-66(4)5)63-89-93(81,82)87-59-69(76)60-88-94(83,84)90-64-71(62-86-73(78)56-48-40-32-26-24-29-37-45-53-67(6)7)92-75(80)58-50-42-34-22-18-14-15-19-27-35-43-51-65(2)3/h65-71,76H,9-64H2,1-8H3,(H,81,82)(H,83,84)/t68?,69?,70-,71-/m1/s1. The lowest BCUT2D eigenvalue weighted by molar-refractivity contribution is -0.161. The number of aliphatic hydroxyl groups is 1. The topological polar surface area (TPSA) is 237 Å². The second kappa shape index (κ2) is 64.4. The summed E-state index contributed by atoms with van der Waals surface area (Å²) < 4.78 is 68.5. The summed E-state index contributed by atoms with van der Waals surface area (Å²) in [6.07, 6.45) is 48.6. The molecule has 0 aromatic heterocycles. The van der Waals surface area contributed by atoms with Gasteiger partial charge >= 0.3 is 39.5 Å². The third-order valence-electron chi connectivity index (χ3n) is 17.7. The summed E-state index contributed by atoms with van der Waals surface area (Å²) in [5.41, 5.74) is 0. The lowest BCUT2D eigenvalue weighted by Crippen LogP contribution is -2.30. The number of phosphoric ester groups is 2. The number of esters is 4. The molecule has 3 N–H and O–H groups in total. The van der Waals surface area contributed by atoms with Crippen molar-refractivity contribution < 1.29 is 80.2 Å². The van der Waals surface area contributed by atoms with Crippen LogP contribution in [0.15, 0.2) is 0 Å². The fourth-order valence-corrected chi connectivity index (χ4v) is 12.9. The molecule has 17 nitrogen and oxygen atoms in total. The van der Waals surface area contributed by atoms with Crippen molar-refractivity contribution in [2.45, 2.75) is 395 Å². The number of hydrogen-bond donors (Lipinski definition) is 3. The maximum absolute atomic E-state index is 13.1. The Morgan fingerprint density at radius 1 is 0.298 bits per heavy atom. The van der Waals surface area contributed by atoms with E-state index in [1.165, 1.54) is 180 Å². The van der Waals surface area contributed by atoms with Gasteiger partial charge in [-0.25, -0.2) is 9.13 Å². The van der Waals surface area contributed by atoms with Crippen molar-refractivity contribution in [3.8, 4) is 0 Å². The summed E-state index contributed by atoms with van der Waals surface area (Å²) in [5, 5.41) is 10.6. The molecule has 0 heterocycles. The van der Waals surface area contributed by atoms with Gasteiger partial charge in [-0.1, -0.05) is 325 Å². The summed E-state index contributed by atoms with van der Waals surface area (Å²) in [4.78, 5) is 72.8. The van der Waals surface area contributed by atoms with Crippen molar-refractivity contribution in [2.75, 3.05) is 39.6 Å². The maximum Gasteiger partial charge on any atom is 0.472 e. The van der Waals surface area contributed by atoms with Crippen LogP contribution in [0.5, 0.6) is 0 Å². The highest BCUT2D eigenvalue weighted by atomic mass is 31.2. The smallest absolute Gasteiger partial charge is 0.462 e. The van der Waals surface area contributed by atoms with E-state index in [1.54, 1.807) is 0 Å². The number of unbranched alkanes of at least 4 members (excludes halogenated alkanes) is 37. The molecular weight excluding hydrogens is 1230 g/mol. The summed E-state index contributed by atoms with van der Waals surface area (Å²) in [6.45, 7) is 14.2. The Bertz CT molecular complexity index is 1850. The van der Waals surface area contributed by atoms with Crippen molar-refractivity contribution >= 4 is 39.5 Å². The number of ether oxygens (including phenoxy) is 4. The van der Waals surface area contributed by atoms with Crippen LogP contribution in [0.3, 0.4) is 0 Å². The molecule has 0 saturated carbocycles. The molecule has 0 amide bonds. The van der Waals surface area contributed by atoms with Crippen LogP contribution in [0.2, 0.25) is 0 Å². The van der Waals surface area contributed by atoms with Gasteiger partial charge in [-0.15, -0.1) is 0 Å². The molecule has 0 spiro atoms. The minimum Gasteiger partial charge on any atom is -0.462 e. The van der Waals surface area contributed by atoms with E-state index >= 15 is 0 Å². The van der Waals surface area contributed by atoms with Crippen molar-refractivity contribution in [3.05, 3.63) is 0 Å².